The number of nitrogen functional groups attached to an aromatic ring is 1. The highest BCUT2D eigenvalue weighted by atomic mass is 16.2. The highest BCUT2D eigenvalue weighted by molar-refractivity contribution is 6.01. The van der Waals surface area contributed by atoms with Gasteiger partial charge < -0.3 is 5.73 Å². The van der Waals surface area contributed by atoms with Crippen molar-refractivity contribution < 1.29 is 13.7 Å². The van der Waals surface area contributed by atoms with E-state index in [-0.39, 0.29) is 41.3 Å². The van der Waals surface area contributed by atoms with E-state index in [2.05, 4.69) is 10.3 Å². The van der Waals surface area contributed by atoms with Crippen LogP contribution in [0.1, 0.15) is 29.7 Å². The summed E-state index contributed by atoms with van der Waals surface area (Å²) in [6.45, 7) is 3.03. The molecule has 3 rings (SSSR count). The lowest BCUT2D eigenvalue weighted by atomic mass is 9.90. The van der Waals surface area contributed by atoms with Crippen molar-refractivity contribution in [3.05, 3.63) is 34.3 Å². The molecular formula is C15H16N4O3. The quantitative estimate of drug-likeness (QED) is 0.587. The van der Waals surface area contributed by atoms with Gasteiger partial charge in [-0.05, 0) is 32.4 Å². The van der Waals surface area contributed by atoms with Gasteiger partial charge in [0, 0.05) is 12.1 Å². The molecule has 1 aliphatic heterocycles. The van der Waals surface area contributed by atoms with Crippen molar-refractivity contribution in [3.8, 4) is 0 Å². The minimum absolute atomic E-state index is 0.0701. The number of anilines is 1. The number of imide groups is 1. The fourth-order valence-electron chi connectivity index (χ4n) is 2.77. The predicted molar refractivity (Wildman–Crippen MR) is 81.2 cm³/mol. The number of nitrogens with zero attached hydrogens (tertiary/aromatic N) is 2. The Bertz CT molecular complexity index is 1020. The van der Waals surface area contributed by atoms with Gasteiger partial charge in [-0.1, -0.05) is 6.04 Å². The van der Waals surface area contributed by atoms with E-state index in [1.165, 1.54) is 13.8 Å². The number of carbonyl (C=O) groups is 2. The van der Waals surface area contributed by atoms with Crippen molar-refractivity contribution in [3.63, 3.8) is 0 Å². The predicted octanol–water partition coefficient (Wildman–Crippen LogP) is 0.439. The monoisotopic (exact) mass is 303 g/mol. The fraction of sp³-hybridized carbons (Fsp3) is 0.333. The van der Waals surface area contributed by atoms with Gasteiger partial charge in [0.15, 0.2) is 0 Å². The van der Waals surface area contributed by atoms with Gasteiger partial charge >= 0.3 is 0 Å². The Labute approximate surface area is 130 Å². The Kier molecular flexibility index (Phi) is 2.32. The van der Waals surface area contributed by atoms with Crippen LogP contribution in [-0.2, 0) is 15.1 Å². The van der Waals surface area contributed by atoms with Crippen LogP contribution in [0.4, 0.5) is 5.69 Å². The SMILES string of the molecule is [2H]c1c([2H])c(N)c2c(=O)n([C@]3(C)CCC(=O)NC3=O)c(C)nc2c1[2H]. The standard InChI is InChI=1S/C15H16N4O3/c1-8-17-10-5-3-4-9(16)12(10)13(21)19(8)15(2)7-6-11(20)18-14(15)22/h3-5H,6-7,16H2,1-2H3,(H,18,20,22)/t15-/m1/s1/i3D,4D,5D. The maximum absolute atomic E-state index is 13.1. The summed E-state index contributed by atoms with van der Waals surface area (Å²) in [5.74, 6) is -0.875. The smallest absolute Gasteiger partial charge is 0.264 e. The van der Waals surface area contributed by atoms with E-state index in [0.29, 0.717) is 0 Å². The average Bonchev–Trinajstić information content (AvgIpc) is 2.54. The number of aryl methyl sites for hydroxylation is 1. The van der Waals surface area contributed by atoms with Crippen molar-refractivity contribution in [2.75, 3.05) is 5.73 Å². The average molecular weight is 303 g/mol. The number of rotatable bonds is 1. The number of nitrogens with one attached hydrogen (secondary N) is 1. The number of nitrogens with two attached hydrogens (primary N) is 1. The second kappa shape index (κ2) is 4.66. The molecule has 2 amide bonds. The molecule has 1 aromatic heterocycles. The van der Waals surface area contributed by atoms with Crippen LogP contribution in [0.15, 0.2) is 22.9 Å². The third kappa shape index (κ3) is 1.89. The lowest BCUT2D eigenvalue weighted by Crippen LogP contribution is -2.56. The zero-order valence-electron chi connectivity index (χ0n) is 15.1. The Morgan fingerprint density at radius 2 is 2.14 bits per heavy atom. The van der Waals surface area contributed by atoms with Crippen molar-refractivity contribution in [2.45, 2.75) is 32.2 Å². The van der Waals surface area contributed by atoms with E-state index >= 15 is 0 Å². The first-order valence-corrected chi connectivity index (χ1v) is 6.73. The van der Waals surface area contributed by atoms with Crippen molar-refractivity contribution >= 4 is 28.4 Å². The molecule has 1 saturated heterocycles. The maximum atomic E-state index is 13.1. The maximum Gasteiger partial charge on any atom is 0.264 e. The Morgan fingerprint density at radius 3 is 2.82 bits per heavy atom. The molecule has 2 heterocycles. The summed E-state index contributed by atoms with van der Waals surface area (Å²) >= 11 is 0. The lowest BCUT2D eigenvalue weighted by Gasteiger charge is -2.34. The minimum Gasteiger partial charge on any atom is -0.398 e. The largest absolute Gasteiger partial charge is 0.398 e. The normalized spacial score (nSPS) is 23.8. The molecule has 114 valence electrons. The summed E-state index contributed by atoms with van der Waals surface area (Å²) in [6, 6.07) is -1.21. The number of piperidine rings is 1. The Morgan fingerprint density at radius 1 is 1.41 bits per heavy atom. The van der Waals surface area contributed by atoms with Crippen LogP contribution in [0, 0.1) is 6.92 Å². The van der Waals surface area contributed by atoms with E-state index in [4.69, 9.17) is 9.85 Å². The van der Waals surface area contributed by atoms with Gasteiger partial charge in [0.05, 0.1) is 15.0 Å². The van der Waals surface area contributed by atoms with E-state index in [1.54, 1.807) is 0 Å². The molecular weight excluding hydrogens is 284 g/mol. The summed E-state index contributed by atoms with van der Waals surface area (Å²) in [7, 11) is 0. The molecule has 1 aromatic carbocycles. The highest BCUT2D eigenvalue weighted by Crippen LogP contribution is 2.27. The van der Waals surface area contributed by atoms with Gasteiger partial charge in [0.2, 0.25) is 5.91 Å². The lowest BCUT2D eigenvalue weighted by molar-refractivity contribution is -0.140. The number of amides is 2. The molecule has 0 radical (unpaired) electrons. The Balaban J connectivity index is 2.41. The number of fused-ring (bicyclic) bond motifs is 1. The molecule has 1 atom stereocenters. The topological polar surface area (TPSA) is 107 Å². The molecule has 0 bridgehead atoms. The van der Waals surface area contributed by atoms with Gasteiger partial charge in [-0.15, -0.1) is 0 Å². The Hall–Kier alpha value is -2.70. The first-order chi connectivity index (χ1) is 11.6. The zero-order chi connectivity index (χ0) is 18.7. The van der Waals surface area contributed by atoms with E-state index in [9.17, 15) is 14.4 Å². The minimum atomic E-state index is -1.34. The molecule has 1 fully saturated rings. The van der Waals surface area contributed by atoms with Crippen molar-refractivity contribution in [1.82, 2.24) is 14.9 Å². The molecule has 22 heavy (non-hydrogen) atoms. The summed E-state index contributed by atoms with van der Waals surface area (Å²) in [4.78, 5) is 41.1. The van der Waals surface area contributed by atoms with Crippen LogP contribution in [0.3, 0.4) is 0 Å². The summed E-state index contributed by atoms with van der Waals surface area (Å²) < 4.78 is 24.7. The number of benzene rings is 1. The van der Waals surface area contributed by atoms with Crippen LogP contribution < -0.4 is 16.6 Å². The molecule has 0 saturated carbocycles. The van der Waals surface area contributed by atoms with E-state index in [0.717, 1.165) is 4.57 Å². The third-order valence-corrected chi connectivity index (χ3v) is 3.97. The number of carbonyl (C=O) groups excluding carboxylic acids is 2. The zero-order valence-corrected chi connectivity index (χ0v) is 12.1. The van der Waals surface area contributed by atoms with Gasteiger partial charge in [0.1, 0.15) is 11.4 Å². The molecule has 0 unspecified atom stereocenters. The molecule has 0 spiro atoms. The van der Waals surface area contributed by atoms with Gasteiger partial charge in [0.25, 0.3) is 11.5 Å². The molecule has 3 N–H and O–H groups in total. The second-order valence-electron chi connectivity index (χ2n) is 5.46. The van der Waals surface area contributed by atoms with E-state index in [1.807, 2.05) is 0 Å². The first kappa shape index (κ1) is 10.9. The van der Waals surface area contributed by atoms with Crippen LogP contribution in [0.2, 0.25) is 0 Å². The van der Waals surface area contributed by atoms with Crippen LogP contribution >= 0.6 is 0 Å². The van der Waals surface area contributed by atoms with Crippen LogP contribution in [0.25, 0.3) is 10.9 Å². The number of hydrogen-bond acceptors (Lipinski definition) is 5. The third-order valence-electron chi connectivity index (χ3n) is 3.97. The number of hydrogen-bond donors (Lipinski definition) is 2. The van der Waals surface area contributed by atoms with Gasteiger partial charge in [-0.2, -0.15) is 0 Å². The molecule has 7 nitrogen and oxygen atoms in total. The van der Waals surface area contributed by atoms with Gasteiger partial charge in [-0.25, -0.2) is 4.98 Å². The molecule has 7 heteroatoms. The van der Waals surface area contributed by atoms with Crippen LogP contribution in [0.5, 0.6) is 0 Å². The van der Waals surface area contributed by atoms with Crippen LogP contribution in [-0.4, -0.2) is 21.4 Å². The molecule has 1 aliphatic rings. The molecule has 2 aromatic rings. The summed E-state index contributed by atoms with van der Waals surface area (Å²) in [5.41, 5.74) is 3.50. The van der Waals surface area contributed by atoms with Crippen molar-refractivity contribution in [2.24, 2.45) is 0 Å². The first-order valence-electron chi connectivity index (χ1n) is 8.23. The second-order valence-corrected chi connectivity index (χ2v) is 5.46. The molecule has 0 aliphatic carbocycles. The summed E-state index contributed by atoms with van der Waals surface area (Å²) in [6.07, 6.45) is 0.185. The van der Waals surface area contributed by atoms with E-state index < -0.39 is 35.0 Å². The number of aromatic nitrogens is 2. The fourth-order valence-corrected chi connectivity index (χ4v) is 2.77. The van der Waals surface area contributed by atoms with Gasteiger partial charge in [-0.3, -0.25) is 24.3 Å². The van der Waals surface area contributed by atoms with Crippen molar-refractivity contribution in [1.29, 1.82) is 0 Å². The highest BCUT2D eigenvalue weighted by Gasteiger charge is 2.42. The summed E-state index contributed by atoms with van der Waals surface area (Å²) in [5, 5.41) is 2.05.